The van der Waals surface area contributed by atoms with Gasteiger partial charge >= 0.3 is 0 Å². The van der Waals surface area contributed by atoms with Crippen molar-refractivity contribution in [1.29, 1.82) is 0 Å². The second-order valence-corrected chi connectivity index (χ2v) is 12.0. The number of hydrogen-bond acceptors (Lipinski definition) is 7. The number of carbonyl (C=O) groups excluding carboxylic acids is 4. The maximum atomic E-state index is 14.0. The highest BCUT2D eigenvalue weighted by Gasteiger charge is 2.53. The molecule has 7 N–H and O–H groups in total. The molecule has 11 nitrogen and oxygen atoms in total. The number of benzene rings is 1. The molecule has 1 aromatic rings. The van der Waals surface area contributed by atoms with Crippen LogP contribution >= 0.6 is 31.9 Å². The average Bonchev–Trinajstić information content (AvgIpc) is 3.48. The molecular weight excluding hydrogens is 626 g/mol. The lowest BCUT2D eigenvalue weighted by Gasteiger charge is -2.41. The van der Waals surface area contributed by atoms with Crippen molar-refractivity contribution < 1.29 is 29.4 Å². The van der Waals surface area contributed by atoms with Crippen LogP contribution in [-0.4, -0.2) is 92.6 Å². The fourth-order valence-electron chi connectivity index (χ4n) is 5.32. The van der Waals surface area contributed by atoms with Gasteiger partial charge in [0.05, 0.1) is 12.2 Å². The van der Waals surface area contributed by atoms with E-state index in [0.29, 0.717) is 32.2 Å². The minimum absolute atomic E-state index is 0.127. The molecule has 4 amide bonds. The maximum Gasteiger partial charge on any atom is 0.247 e. The van der Waals surface area contributed by atoms with E-state index in [0.717, 1.165) is 14.5 Å². The van der Waals surface area contributed by atoms with Crippen molar-refractivity contribution in [3.63, 3.8) is 0 Å². The molecule has 6 atom stereocenters. The van der Waals surface area contributed by atoms with Crippen molar-refractivity contribution in [3.05, 3.63) is 32.7 Å². The summed E-state index contributed by atoms with van der Waals surface area (Å²) < 4.78 is 1.54. The van der Waals surface area contributed by atoms with Gasteiger partial charge in [0.1, 0.15) is 23.7 Å². The number of amides is 4. The number of halogens is 2. The minimum atomic E-state index is -1.40. The Kier molecular flexibility index (Phi) is 9.96. The molecule has 2 fully saturated rings. The van der Waals surface area contributed by atoms with E-state index < -0.39 is 59.5 Å². The van der Waals surface area contributed by atoms with Gasteiger partial charge in [0, 0.05) is 28.5 Å². The third-order valence-corrected chi connectivity index (χ3v) is 8.21. The third-order valence-electron chi connectivity index (χ3n) is 7.30. The molecule has 13 heteroatoms. The molecule has 0 aromatic heterocycles. The molecule has 0 radical (unpaired) electrons. The lowest BCUT2D eigenvalue weighted by Crippen LogP contribution is -2.65. The van der Waals surface area contributed by atoms with Crippen LogP contribution in [0, 0.1) is 0 Å². The second-order valence-electron chi connectivity index (χ2n) is 10.1. The van der Waals surface area contributed by atoms with Crippen molar-refractivity contribution in [2.24, 2.45) is 11.5 Å². The van der Waals surface area contributed by atoms with Gasteiger partial charge in [-0.25, -0.2) is 0 Å². The Hall–Kier alpha value is -2.06. The van der Waals surface area contributed by atoms with Crippen LogP contribution in [0.15, 0.2) is 27.1 Å². The van der Waals surface area contributed by atoms with Crippen molar-refractivity contribution in [2.75, 3.05) is 13.1 Å². The number of aliphatic hydroxyl groups excluding tert-OH is 2. The summed E-state index contributed by atoms with van der Waals surface area (Å²) in [5.74, 6) is -2.43. The Morgan fingerprint density at radius 2 is 1.71 bits per heavy atom. The fourth-order valence-corrected chi connectivity index (χ4v) is 6.71. The average molecular weight is 661 g/mol. The van der Waals surface area contributed by atoms with Crippen LogP contribution in [0.5, 0.6) is 0 Å². The topological polar surface area (TPSA) is 179 Å². The maximum absolute atomic E-state index is 14.0. The quantitative estimate of drug-likeness (QED) is 0.250. The number of nitrogens with two attached hydrogens (primary N) is 2. The van der Waals surface area contributed by atoms with Gasteiger partial charge in [-0.2, -0.15) is 0 Å². The summed E-state index contributed by atoms with van der Waals surface area (Å²) in [5.41, 5.74) is 10.7. The summed E-state index contributed by atoms with van der Waals surface area (Å²) >= 11 is 6.92. The molecule has 0 spiro atoms. The summed E-state index contributed by atoms with van der Waals surface area (Å²) in [6, 6.07) is 2.17. The molecule has 3 rings (SSSR count). The van der Waals surface area contributed by atoms with E-state index in [9.17, 15) is 29.4 Å². The number of nitrogens with one attached hydrogen (secondary N) is 1. The zero-order valence-corrected chi connectivity index (χ0v) is 24.6. The molecule has 38 heavy (non-hydrogen) atoms. The van der Waals surface area contributed by atoms with Crippen LogP contribution in [0.1, 0.15) is 45.1 Å². The molecule has 0 aliphatic carbocycles. The summed E-state index contributed by atoms with van der Waals surface area (Å²) in [6.07, 6.45) is -0.425. The van der Waals surface area contributed by atoms with Crippen molar-refractivity contribution >= 4 is 55.5 Å². The molecule has 2 heterocycles. The van der Waals surface area contributed by atoms with Gasteiger partial charge in [-0.3, -0.25) is 19.2 Å². The Labute approximate surface area is 238 Å². The molecular formula is C25H35Br2N5O6. The van der Waals surface area contributed by atoms with E-state index in [-0.39, 0.29) is 13.0 Å². The molecule has 1 aromatic carbocycles. The van der Waals surface area contributed by atoms with Gasteiger partial charge in [-0.15, -0.1) is 0 Å². The number of aliphatic hydroxyl groups is 2. The number of hydrogen-bond donors (Lipinski definition) is 5. The number of carbonyl (C=O) groups is 4. The van der Waals surface area contributed by atoms with E-state index >= 15 is 0 Å². The minimum Gasteiger partial charge on any atom is -0.391 e. The molecule has 0 bridgehead atoms. The number of likely N-dealkylation sites (tertiary alicyclic amines) is 2. The molecule has 0 unspecified atom stereocenters. The van der Waals surface area contributed by atoms with Gasteiger partial charge in [0.25, 0.3) is 0 Å². The van der Waals surface area contributed by atoms with Crippen LogP contribution in [0.2, 0.25) is 0 Å². The summed E-state index contributed by atoms with van der Waals surface area (Å²) in [4.78, 5) is 55.8. The van der Waals surface area contributed by atoms with Gasteiger partial charge in [0.2, 0.25) is 23.6 Å². The highest BCUT2D eigenvalue weighted by Crippen LogP contribution is 2.37. The molecule has 2 aliphatic heterocycles. The number of primary amides is 1. The van der Waals surface area contributed by atoms with Crippen LogP contribution < -0.4 is 16.8 Å². The summed E-state index contributed by atoms with van der Waals surface area (Å²) in [7, 11) is 0. The van der Waals surface area contributed by atoms with E-state index in [2.05, 4.69) is 37.2 Å². The number of nitrogens with zero attached hydrogens (tertiary/aromatic N) is 2. The lowest BCUT2D eigenvalue weighted by atomic mass is 9.86. The first-order valence-electron chi connectivity index (χ1n) is 12.6. The van der Waals surface area contributed by atoms with E-state index in [1.165, 1.54) is 23.6 Å². The molecule has 0 saturated carbocycles. The number of rotatable bonds is 9. The Morgan fingerprint density at radius 3 is 2.26 bits per heavy atom. The van der Waals surface area contributed by atoms with Crippen LogP contribution in [0.3, 0.4) is 0 Å². The van der Waals surface area contributed by atoms with Gasteiger partial charge in [0.15, 0.2) is 0 Å². The zero-order chi connectivity index (χ0) is 28.4. The summed E-state index contributed by atoms with van der Waals surface area (Å²) in [6.45, 7) is 3.34. The lowest BCUT2D eigenvalue weighted by molar-refractivity contribution is -0.152. The van der Waals surface area contributed by atoms with Crippen molar-refractivity contribution in [1.82, 2.24) is 15.1 Å². The van der Waals surface area contributed by atoms with Gasteiger partial charge < -0.3 is 36.8 Å². The first-order chi connectivity index (χ1) is 17.8. The highest BCUT2D eigenvalue weighted by atomic mass is 79.9. The standard InChI is InChI=1S/C25H35Br2N5O6/c1-13(33)19(28)23(37)31-7-3-5-18(31)22(36)32-8-4-6-25(32,12-15-9-16(26)11-17(27)10-15)24(38)30-20(14(2)34)21(29)35/h9-11,13-14,18-20,33-34H,3-8,12,28H2,1-2H3,(H2,29,35)(H,30,38)/t13-,14-,18+,19+,20+,25-/m1/s1. The Bertz CT molecular complexity index is 1070. The first kappa shape index (κ1) is 30.5. The predicted octanol–water partition coefficient (Wildman–Crippen LogP) is 0.165. The van der Waals surface area contributed by atoms with Crippen LogP contribution in [0.4, 0.5) is 0 Å². The summed E-state index contributed by atoms with van der Waals surface area (Å²) in [5, 5.41) is 22.5. The Morgan fingerprint density at radius 1 is 1.08 bits per heavy atom. The largest absolute Gasteiger partial charge is 0.391 e. The van der Waals surface area contributed by atoms with Crippen molar-refractivity contribution in [3.8, 4) is 0 Å². The van der Waals surface area contributed by atoms with Crippen LogP contribution in [-0.2, 0) is 25.6 Å². The van der Waals surface area contributed by atoms with E-state index in [1.54, 1.807) is 0 Å². The Balaban J connectivity index is 2.01. The van der Waals surface area contributed by atoms with E-state index in [4.69, 9.17) is 11.5 Å². The van der Waals surface area contributed by atoms with Gasteiger partial charge in [-0.05, 0) is 63.3 Å². The fraction of sp³-hybridized carbons (Fsp3) is 0.600. The second kappa shape index (κ2) is 12.4. The van der Waals surface area contributed by atoms with Crippen LogP contribution in [0.25, 0.3) is 0 Å². The third kappa shape index (κ3) is 6.39. The van der Waals surface area contributed by atoms with Gasteiger partial charge in [-0.1, -0.05) is 31.9 Å². The smallest absolute Gasteiger partial charge is 0.247 e. The first-order valence-corrected chi connectivity index (χ1v) is 14.2. The molecule has 210 valence electrons. The predicted molar refractivity (Wildman–Crippen MR) is 146 cm³/mol. The van der Waals surface area contributed by atoms with E-state index in [1.807, 2.05) is 18.2 Å². The highest BCUT2D eigenvalue weighted by molar-refractivity contribution is 9.11. The SMILES string of the molecule is C[C@@H](O)[C@H](N)C(=O)N1CCC[C@H]1C(=O)N1CCC[C@@]1(Cc1cc(Br)cc(Br)c1)C(=O)N[C@H](C(N)=O)[C@@H](C)O. The normalized spacial score (nSPS) is 24.6. The molecule has 2 aliphatic rings. The van der Waals surface area contributed by atoms with Crippen molar-refractivity contribution in [2.45, 2.75) is 81.8 Å². The zero-order valence-electron chi connectivity index (χ0n) is 21.4. The monoisotopic (exact) mass is 659 g/mol. The molecule has 2 saturated heterocycles.